The lowest BCUT2D eigenvalue weighted by Gasteiger charge is -2.23. The Kier molecular flexibility index (Phi) is 5.17. The summed E-state index contributed by atoms with van der Waals surface area (Å²) < 4.78 is 19.3. The van der Waals surface area contributed by atoms with Gasteiger partial charge in [-0.1, -0.05) is 24.3 Å². The maximum Gasteiger partial charge on any atom is 0.146 e. The van der Waals surface area contributed by atoms with Crippen molar-refractivity contribution in [2.45, 2.75) is 13.1 Å². The number of benzene rings is 2. The van der Waals surface area contributed by atoms with E-state index >= 15 is 0 Å². The van der Waals surface area contributed by atoms with Gasteiger partial charge in [-0.05, 0) is 36.4 Å². The van der Waals surface area contributed by atoms with Gasteiger partial charge >= 0.3 is 0 Å². The smallest absolute Gasteiger partial charge is 0.146 e. The normalized spacial score (nSPS) is 10.5. The molecule has 0 saturated carbocycles. The SMILES string of the molecule is CNCc1cccc(F)c1N(C)Cc1ccc(OC)cc1. The van der Waals surface area contributed by atoms with Crippen molar-refractivity contribution in [3.63, 3.8) is 0 Å². The lowest BCUT2D eigenvalue weighted by atomic mass is 10.1. The van der Waals surface area contributed by atoms with Crippen molar-refractivity contribution in [2.24, 2.45) is 0 Å². The van der Waals surface area contributed by atoms with E-state index in [0.717, 1.165) is 16.9 Å². The highest BCUT2D eigenvalue weighted by Gasteiger charge is 2.13. The monoisotopic (exact) mass is 288 g/mol. The van der Waals surface area contributed by atoms with Gasteiger partial charge in [0.2, 0.25) is 0 Å². The molecule has 0 aromatic heterocycles. The van der Waals surface area contributed by atoms with Gasteiger partial charge in [0.25, 0.3) is 0 Å². The Morgan fingerprint density at radius 1 is 1.14 bits per heavy atom. The standard InChI is InChI=1S/C17H21FN2O/c1-19-11-14-5-4-6-16(18)17(14)20(2)12-13-7-9-15(21-3)10-8-13/h4-10,19H,11-12H2,1-3H3. The summed E-state index contributed by atoms with van der Waals surface area (Å²) in [6, 6.07) is 13.0. The van der Waals surface area contributed by atoms with Crippen LogP contribution < -0.4 is 15.0 Å². The second kappa shape index (κ2) is 7.09. The number of ether oxygens (including phenoxy) is 1. The van der Waals surface area contributed by atoms with Crippen molar-refractivity contribution in [3.05, 3.63) is 59.4 Å². The van der Waals surface area contributed by atoms with Gasteiger partial charge in [-0.3, -0.25) is 0 Å². The summed E-state index contributed by atoms with van der Waals surface area (Å²) in [5, 5.41) is 3.08. The summed E-state index contributed by atoms with van der Waals surface area (Å²) in [5.74, 6) is 0.627. The van der Waals surface area contributed by atoms with Crippen LogP contribution in [0.5, 0.6) is 5.75 Å². The van der Waals surface area contributed by atoms with Crippen LogP contribution in [-0.4, -0.2) is 21.2 Å². The maximum atomic E-state index is 14.2. The molecule has 2 aromatic rings. The Balaban J connectivity index is 2.20. The van der Waals surface area contributed by atoms with Gasteiger partial charge in [-0.2, -0.15) is 0 Å². The van der Waals surface area contributed by atoms with Crippen molar-refractivity contribution in [2.75, 3.05) is 26.1 Å². The molecule has 2 rings (SSSR count). The number of nitrogens with zero attached hydrogens (tertiary/aromatic N) is 1. The summed E-state index contributed by atoms with van der Waals surface area (Å²) in [5.41, 5.74) is 2.70. The van der Waals surface area contributed by atoms with Crippen LogP contribution in [0.2, 0.25) is 0 Å². The van der Waals surface area contributed by atoms with E-state index in [4.69, 9.17) is 4.74 Å². The number of halogens is 1. The number of hydrogen-bond acceptors (Lipinski definition) is 3. The number of rotatable bonds is 6. The van der Waals surface area contributed by atoms with Crippen molar-refractivity contribution in [3.8, 4) is 5.75 Å². The molecule has 0 saturated heterocycles. The zero-order valence-electron chi connectivity index (χ0n) is 12.7. The fourth-order valence-corrected chi connectivity index (χ4v) is 2.40. The summed E-state index contributed by atoms with van der Waals surface area (Å²) in [7, 11) is 5.41. The summed E-state index contributed by atoms with van der Waals surface area (Å²) in [4.78, 5) is 1.93. The first-order valence-corrected chi connectivity index (χ1v) is 6.91. The third kappa shape index (κ3) is 3.73. The molecule has 112 valence electrons. The van der Waals surface area contributed by atoms with Crippen molar-refractivity contribution in [1.82, 2.24) is 5.32 Å². The molecule has 21 heavy (non-hydrogen) atoms. The first-order valence-electron chi connectivity index (χ1n) is 6.91. The maximum absolute atomic E-state index is 14.2. The molecule has 0 radical (unpaired) electrons. The molecule has 3 nitrogen and oxygen atoms in total. The second-order valence-corrected chi connectivity index (χ2v) is 4.98. The fourth-order valence-electron chi connectivity index (χ4n) is 2.40. The highest BCUT2D eigenvalue weighted by Crippen LogP contribution is 2.25. The molecule has 0 spiro atoms. The minimum Gasteiger partial charge on any atom is -0.497 e. The van der Waals surface area contributed by atoms with Gasteiger partial charge in [-0.25, -0.2) is 4.39 Å². The molecule has 0 aliphatic carbocycles. The predicted octanol–water partition coefficient (Wildman–Crippen LogP) is 3.19. The molecule has 0 unspecified atom stereocenters. The van der Waals surface area contributed by atoms with Crippen molar-refractivity contribution in [1.29, 1.82) is 0 Å². The Bertz CT molecular complexity index is 584. The van der Waals surface area contributed by atoms with Gasteiger partial charge in [0.05, 0.1) is 12.8 Å². The van der Waals surface area contributed by atoms with E-state index in [1.165, 1.54) is 6.07 Å². The number of methoxy groups -OCH3 is 1. The topological polar surface area (TPSA) is 24.5 Å². The largest absolute Gasteiger partial charge is 0.497 e. The van der Waals surface area contributed by atoms with Gasteiger partial charge in [-0.15, -0.1) is 0 Å². The van der Waals surface area contributed by atoms with Crippen LogP contribution in [0.15, 0.2) is 42.5 Å². The number of anilines is 1. The van der Waals surface area contributed by atoms with Crippen LogP contribution in [0.1, 0.15) is 11.1 Å². The molecule has 2 aromatic carbocycles. The molecular formula is C17H21FN2O. The minimum atomic E-state index is -0.196. The lowest BCUT2D eigenvalue weighted by molar-refractivity contribution is 0.414. The number of nitrogens with one attached hydrogen (secondary N) is 1. The molecule has 0 fully saturated rings. The van der Waals surface area contributed by atoms with E-state index in [-0.39, 0.29) is 5.82 Å². The summed E-state index contributed by atoms with van der Waals surface area (Å²) in [6.07, 6.45) is 0. The molecular weight excluding hydrogens is 267 g/mol. The first kappa shape index (κ1) is 15.3. The van der Waals surface area contributed by atoms with Crippen LogP contribution in [0.4, 0.5) is 10.1 Å². The van der Waals surface area contributed by atoms with Gasteiger partial charge < -0.3 is 15.0 Å². The van der Waals surface area contributed by atoms with Gasteiger partial charge in [0, 0.05) is 20.1 Å². The van der Waals surface area contributed by atoms with Crippen LogP contribution in [-0.2, 0) is 13.1 Å². The van der Waals surface area contributed by atoms with Crippen molar-refractivity contribution < 1.29 is 9.13 Å². The molecule has 0 bridgehead atoms. The second-order valence-electron chi connectivity index (χ2n) is 4.98. The van der Waals surface area contributed by atoms with Crippen LogP contribution in [0, 0.1) is 5.82 Å². The predicted molar refractivity (Wildman–Crippen MR) is 84.3 cm³/mol. The first-order chi connectivity index (χ1) is 10.2. The van der Waals surface area contributed by atoms with E-state index in [9.17, 15) is 4.39 Å². The van der Waals surface area contributed by atoms with E-state index < -0.39 is 0 Å². The third-order valence-electron chi connectivity index (χ3n) is 3.40. The molecule has 0 heterocycles. The Labute approximate surface area is 125 Å². The molecule has 1 N–H and O–H groups in total. The molecule has 0 atom stereocenters. The summed E-state index contributed by atoms with van der Waals surface area (Å²) in [6.45, 7) is 1.28. The Morgan fingerprint density at radius 2 is 1.86 bits per heavy atom. The van der Waals surface area contributed by atoms with E-state index in [0.29, 0.717) is 18.8 Å². The van der Waals surface area contributed by atoms with Crippen LogP contribution in [0.3, 0.4) is 0 Å². The minimum absolute atomic E-state index is 0.196. The van der Waals surface area contributed by atoms with E-state index in [2.05, 4.69) is 5.32 Å². The molecule has 0 aliphatic heterocycles. The Hall–Kier alpha value is -2.07. The van der Waals surface area contributed by atoms with E-state index in [1.54, 1.807) is 13.2 Å². The number of hydrogen-bond donors (Lipinski definition) is 1. The molecule has 0 amide bonds. The lowest BCUT2D eigenvalue weighted by Crippen LogP contribution is -2.21. The molecule has 4 heteroatoms. The quantitative estimate of drug-likeness (QED) is 0.883. The zero-order valence-corrected chi connectivity index (χ0v) is 12.7. The van der Waals surface area contributed by atoms with Crippen LogP contribution in [0.25, 0.3) is 0 Å². The number of para-hydroxylation sites is 1. The van der Waals surface area contributed by atoms with Crippen molar-refractivity contribution >= 4 is 5.69 Å². The third-order valence-corrected chi connectivity index (χ3v) is 3.40. The van der Waals surface area contributed by atoms with Gasteiger partial charge in [0.1, 0.15) is 11.6 Å². The van der Waals surface area contributed by atoms with Gasteiger partial charge in [0.15, 0.2) is 0 Å². The average molecular weight is 288 g/mol. The zero-order chi connectivity index (χ0) is 15.2. The Morgan fingerprint density at radius 3 is 2.48 bits per heavy atom. The van der Waals surface area contributed by atoms with E-state index in [1.807, 2.05) is 49.3 Å². The highest BCUT2D eigenvalue weighted by atomic mass is 19.1. The highest BCUT2D eigenvalue weighted by molar-refractivity contribution is 5.54. The van der Waals surface area contributed by atoms with Crippen LogP contribution >= 0.6 is 0 Å². The summed E-state index contributed by atoms with van der Waals surface area (Å²) >= 11 is 0. The fraction of sp³-hybridized carbons (Fsp3) is 0.294. The molecule has 0 aliphatic rings. The average Bonchev–Trinajstić information content (AvgIpc) is 2.48.